The molecule has 0 atom stereocenters. The van der Waals surface area contributed by atoms with Gasteiger partial charge in [-0.2, -0.15) is 5.10 Å². The highest BCUT2D eigenvalue weighted by atomic mass is 35.5. The summed E-state index contributed by atoms with van der Waals surface area (Å²) >= 11 is 0. The maximum absolute atomic E-state index is 5.40. The van der Waals surface area contributed by atoms with Gasteiger partial charge in [-0.1, -0.05) is 5.16 Å². The summed E-state index contributed by atoms with van der Waals surface area (Å²) < 4.78 is 7.51. The summed E-state index contributed by atoms with van der Waals surface area (Å²) in [6.07, 6.45) is 2.50. The second-order valence-corrected chi connectivity index (χ2v) is 6.19. The topological polar surface area (TPSA) is 59.1 Å². The average molecular weight is 360 g/mol. The molecule has 2 aromatic heterocycles. The molecule has 0 aromatic carbocycles. The molecule has 1 N–H and O–H groups in total. The molecule has 4 rings (SSSR count). The van der Waals surface area contributed by atoms with Crippen LogP contribution in [0.2, 0.25) is 0 Å². The van der Waals surface area contributed by atoms with Crippen LogP contribution in [-0.2, 0) is 26.2 Å². The van der Waals surface area contributed by atoms with Crippen molar-refractivity contribution < 1.29 is 4.52 Å². The van der Waals surface area contributed by atoms with Crippen molar-refractivity contribution in [1.29, 1.82) is 0 Å². The molecule has 1 fully saturated rings. The van der Waals surface area contributed by atoms with Gasteiger partial charge in [-0.25, -0.2) is 0 Å². The molecule has 1 aliphatic carbocycles. The van der Waals surface area contributed by atoms with Gasteiger partial charge in [0.15, 0.2) is 0 Å². The molecule has 128 valence electrons. The lowest BCUT2D eigenvalue weighted by Crippen LogP contribution is -2.28. The van der Waals surface area contributed by atoms with E-state index in [9.17, 15) is 0 Å². The van der Waals surface area contributed by atoms with E-state index in [0.717, 1.165) is 49.9 Å². The highest BCUT2D eigenvalue weighted by Crippen LogP contribution is 2.40. The molecule has 23 heavy (non-hydrogen) atoms. The molecule has 8 heteroatoms. The van der Waals surface area contributed by atoms with Crippen molar-refractivity contribution in [3.05, 3.63) is 35.0 Å². The normalized spacial score (nSPS) is 16.6. The standard InChI is InChI=1S/C15H21N5O.2ClH/c1-19(10-13-7-15(21-18-13)11-2-3-11)9-12-6-14-8-16-4-5-20(14)17-12;;/h6-7,11,16H,2-5,8-10H2,1H3;2*1H. The Morgan fingerprint density at radius 3 is 2.78 bits per heavy atom. The van der Waals surface area contributed by atoms with Crippen LogP contribution in [0.4, 0.5) is 0 Å². The summed E-state index contributed by atoms with van der Waals surface area (Å²) in [6, 6.07) is 4.30. The third-order valence-corrected chi connectivity index (χ3v) is 4.14. The van der Waals surface area contributed by atoms with E-state index in [4.69, 9.17) is 4.52 Å². The molecule has 0 saturated heterocycles. The minimum Gasteiger partial charge on any atom is -0.361 e. The predicted molar refractivity (Wildman–Crippen MR) is 92.1 cm³/mol. The van der Waals surface area contributed by atoms with Crippen LogP contribution in [0.15, 0.2) is 16.7 Å². The number of hydrogen-bond donors (Lipinski definition) is 1. The summed E-state index contributed by atoms with van der Waals surface area (Å²) in [7, 11) is 2.10. The largest absolute Gasteiger partial charge is 0.361 e. The number of nitrogens with zero attached hydrogens (tertiary/aromatic N) is 4. The molecule has 0 unspecified atom stereocenters. The Morgan fingerprint density at radius 2 is 2.04 bits per heavy atom. The average Bonchev–Trinajstić information content (AvgIpc) is 3.08. The monoisotopic (exact) mass is 359 g/mol. The summed E-state index contributed by atoms with van der Waals surface area (Å²) in [5.41, 5.74) is 3.43. The Balaban J connectivity index is 0.000000960. The summed E-state index contributed by atoms with van der Waals surface area (Å²) in [4.78, 5) is 2.23. The van der Waals surface area contributed by atoms with Crippen LogP contribution in [0.25, 0.3) is 0 Å². The Bertz CT molecular complexity index is 614. The fraction of sp³-hybridized carbons (Fsp3) is 0.600. The Kier molecular flexibility index (Phi) is 6.08. The van der Waals surface area contributed by atoms with Crippen LogP contribution >= 0.6 is 24.8 Å². The third kappa shape index (κ3) is 4.26. The molecule has 0 radical (unpaired) electrons. The highest BCUT2D eigenvalue weighted by molar-refractivity contribution is 5.85. The number of halogens is 2. The van der Waals surface area contributed by atoms with Crippen LogP contribution in [0.3, 0.4) is 0 Å². The van der Waals surface area contributed by atoms with Crippen LogP contribution < -0.4 is 5.32 Å². The zero-order chi connectivity index (χ0) is 14.2. The second kappa shape index (κ2) is 7.66. The first kappa shape index (κ1) is 18.3. The second-order valence-electron chi connectivity index (χ2n) is 6.19. The van der Waals surface area contributed by atoms with E-state index in [0.29, 0.717) is 5.92 Å². The van der Waals surface area contributed by atoms with Crippen LogP contribution in [0.5, 0.6) is 0 Å². The van der Waals surface area contributed by atoms with Crippen LogP contribution in [0.1, 0.15) is 41.6 Å². The predicted octanol–water partition coefficient (Wildman–Crippen LogP) is 2.33. The first-order valence-electron chi connectivity index (χ1n) is 7.68. The zero-order valence-corrected chi connectivity index (χ0v) is 14.8. The smallest absolute Gasteiger partial charge is 0.140 e. The van der Waals surface area contributed by atoms with Gasteiger partial charge in [0, 0.05) is 38.2 Å². The maximum atomic E-state index is 5.40. The Hall–Kier alpha value is -1.08. The summed E-state index contributed by atoms with van der Waals surface area (Å²) in [5.74, 6) is 1.69. The van der Waals surface area contributed by atoms with Gasteiger partial charge in [0.1, 0.15) is 5.76 Å². The summed E-state index contributed by atoms with van der Waals surface area (Å²) in [5, 5.41) is 12.2. The number of rotatable bonds is 5. The van der Waals surface area contributed by atoms with E-state index < -0.39 is 0 Å². The molecule has 0 amide bonds. The van der Waals surface area contributed by atoms with E-state index >= 15 is 0 Å². The van der Waals surface area contributed by atoms with Crippen molar-refractivity contribution in [2.24, 2.45) is 0 Å². The van der Waals surface area contributed by atoms with Gasteiger partial charge in [0.2, 0.25) is 0 Å². The Morgan fingerprint density at radius 1 is 1.26 bits per heavy atom. The van der Waals surface area contributed by atoms with E-state index in [-0.39, 0.29) is 24.8 Å². The lowest BCUT2D eigenvalue weighted by atomic mass is 10.2. The highest BCUT2D eigenvalue weighted by Gasteiger charge is 2.28. The molecule has 2 aromatic rings. The first-order valence-corrected chi connectivity index (χ1v) is 7.68. The van der Waals surface area contributed by atoms with Gasteiger partial charge in [0.25, 0.3) is 0 Å². The molecule has 2 aliphatic rings. The van der Waals surface area contributed by atoms with Crippen LogP contribution in [-0.4, -0.2) is 33.4 Å². The van der Waals surface area contributed by atoms with Crippen molar-refractivity contribution in [3.63, 3.8) is 0 Å². The molecule has 1 aliphatic heterocycles. The molecule has 0 spiro atoms. The first-order chi connectivity index (χ1) is 10.3. The lowest BCUT2D eigenvalue weighted by Gasteiger charge is -2.14. The number of aromatic nitrogens is 3. The van der Waals surface area contributed by atoms with E-state index in [2.05, 4.69) is 44.3 Å². The summed E-state index contributed by atoms with van der Waals surface area (Å²) in [6.45, 7) is 4.53. The van der Waals surface area contributed by atoms with Crippen molar-refractivity contribution in [2.45, 2.75) is 44.9 Å². The van der Waals surface area contributed by atoms with Gasteiger partial charge in [-0.3, -0.25) is 9.58 Å². The number of nitrogens with one attached hydrogen (secondary N) is 1. The minimum atomic E-state index is 0. The fourth-order valence-corrected chi connectivity index (χ4v) is 2.90. The van der Waals surface area contributed by atoms with Crippen molar-refractivity contribution in [1.82, 2.24) is 25.2 Å². The maximum Gasteiger partial charge on any atom is 0.140 e. The van der Waals surface area contributed by atoms with E-state index in [1.165, 1.54) is 18.5 Å². The van der Waals surface area contributed by atoms with Crippen LogP contribution in [0, 0.1) is 0 Å². The van der Waals surface area contributed by atoms with Gasteiger partial charge >= 0.3 is 0 Å². The van der Waals surface area contributed by atoms with Crippen molar-refractivity contribution in [3.8, 4) is 0 Å². The minimum absolute atomic E-state index is 0. The lowest BCUT2D eigenvalue weighted by molar-refractivity contribution is 0.296. The third-order valence-electron chi connectivity index (χ3n) is 4.14. The fourth-order valence-electron chi connectivity index (χ4n) is 2.90. The molecular formula is C15H23Cl2N5O. The molecule has 1 saturated carbocycles. The van der Waals surface area contributed by atoms with Crippen molar-refractivity contribution >= 4 is 24.8 Å². The van der Waals surface area contributed by atoms with Gasteiger partial charge in [0.05, 0.1) is 23.6 Å². The molecule has 0 bridgehead atoms. The number of fused-ring (bicyclic) bond motifs is 1. The van der Waals surface area contributed by atoms with Crippen molar-refractivity contribution in [2.75, 3.05) is 13.6 Å². The molecule has 3 heterocycles. The SMILES string of the molecule is CN(Cc1cc(C2CC2)on1)Cc1cc2n(n1)CCNC2.Cl.Cl. The zero-order valence-electron chi connectivity index (χ0n) is 13.2. The quantitative estimate of drug-likeness (QED) is 0.887. The van der Waals surface area contributed by atoms with Gasteiger partial charge in [-0.05, 0) is 26.0 Å². The Labute approximate surface area is 148 Å². The number of hydrogen-bond acceptors (Lipinski definition) is 5. The van der Waals surface area contributed by atoms with Gasteiger partial charge in [-0.15, -0.1) is 24.8 Å². The van der Waals surface area contributed by atoms with Gasteiger partial charge < -0.3 is 9.84 Å². The van der Waals surface area contributed by atoms with E-state index in [1.807, 2.05) is 0 Å². The molecule has 6 nitrogen and oxygen atoms in total. The van der Waals surface area contributed by atoms with E-state index in [1.54, 1.807) is 0 Å². The molecular weight excluding hydrogens is 337 g/mol.